The summed E-state index contributed by atoms with van der Waals surface area (Å²) in [5, 5.41) is 18.8. The molecule has 4 rings (SSSR count). The van der Waals surface area contributed by atoms with Gasteiger partial charge in [0.1, 0.15) is 5.75 Å². The average molecular weight is 422 g/mol. The number of likely N-dealkylation sites (N-methyl/N-ethyl adjacent to an activating group) is 1. The molecule has 6 nitrogen and oxygen atoms in total. The molecule has 1 N–H and O–H groups in total. The minimum Gasteiger partial charge on any atom is -0.507 e. The van der Waals surface area contributed by atoms with Gasteiger partial charge >= 0.3 is 6.18 Å². The summed E-state index contributed by atoms with van der Waals surface area (Å²) in [6.07, 6.45) is -3.39. The first-order valence-corrected chi connectivity index (χ1v) is 10.1. The predicted octanol–water partition coefficient (Wildman–Crippen LogP) is 3.48. The number of rotatable bonds is 3. The number of likely N-dealkylation sites (tertiary alicyclic amines) is 1. The van der Waals surface area contributed by atoms with Gasteiger partial charge in [-0.05, 0) is 49.7 Å². The third-order valence-corrected chi connectivity index (χ3v) is 5.96. The number of benzene rings is 1. The normalized spacial score (nSPS) is 22.8. The molecule has 2 saturated heterocycles. The number of alkyl halides is 3. The van der Waals surface area contributed by atoms with Gasteiger partial charge in [-0.1, -0.05) is 6.92 Å². The highest BCUT2D eigenvalue weighted by atomic mass is 19.4. The van der Waals surface area contributed by atoms with Crippen molar-refractivity contribution in [1.29, 1.82) is 0 Å². The molecule has 1 aromatic heterocycles. The third kappa shape index (κ3) is 3.96. The van der Waals surface area contributed by atoms with E-state index in [1.165, 1.54) is 6.92 Å². The second kappa shape index (κ2) is 8.03. The highest BCUT2D eigenvalue weighted by molar-refractivity contribution is 5.71. The molecular weight excluding hydrogens is 397 g/mol. The zero-order valence-corrected chi connectivity index (χ0v) is 17.0. The van der Waals surface area contributed by atoms with Crippen molar-refractivity contribution in [2.45, 2.75) is 38.6 Å². The Labute approximate surface area is 173 Å². The van der Waals surface area contributed by atoms with Crippen molar-refractivity contribution in [2.75, 3.05) is 37.7 Å². The third-order valence-electron chi connectivity index (χ3n) is 5.96. The first kappa shape index (κ1) is 20.9. The van der Waals surface area contributed by atoms with E-state index in [-0.39, 0.29) is 17.7 Å². The van der Waals surface area contributed by atoms with Crippen molar-refractivity contribution >= 4 is 5.82 Å². The Hall–Kier alpha value is -2.39. The molecule has 9 heteroatoms. The molecule has 2 atom stereocenters. The molecule has 162 valence electrons. The summed E-state index contributed by atoms with van der Waals surface area (Å²) in [5.41, 5.74) is 0.00693. The van der Waals surface area contributed by atoms with Crippen LogP contribution in [-0.4, -0.2) is 65.1 Å². The monoisotopic (exact) mass is 422 g/mol. The Morgan fingerprint density at radius 2 is 2.00 bits per heavy atom. The number of phenolic OH excluding ortho intramolecular Hbond substituents is 1. The van der Waals surface area contributed by atoms with Crippen LogP contribution in [0.2, 0.25) is 0 Å². The average Bonchev–Trinajstić information content (AvgIpc) is 2.72. The first-order valence-electron chi connectivity index (χ1n) is 10.1. The van der Waals surface area contributed by atoms with Crippen LogP contribution in [0.5, 0.6) is 5.75 Å². The minimum absolute atomic E-state index is 0.157. The van der Waals surface area contributed by atoms with Crippen LogP contribution in [0.3, 0.4) is 0 Å². The molecule has 1 aromatic carbocycles. The fraction of sp³-hybridized carbons (Fsp3) is 0.524. The van der Waals surface area contributed by atoms with Gasteiger partial charge in [-0.3, -0.25) is 0 Å². The number of hydrogen-bond donors (Lipinski definition) is 1. The van der Waals surface area contributed by atoms with Crippen LogP contribution < -0.4 is 4.90 Å². The maximum atomic E-state index is 13.0. The number of anilines is 1. The van der Waals surface area contributed by atoms with Crippen LogP contribution in [0, 0.1) is 6.92 Å². The molecule has 0 aliphatic carbocycles. The van der Waals surface area contributed by atoms with Gasteiger partial charge in [-0.2, -0.15) is 13.2 Å². The van der Waals surface area contributed by atoms with Crippen LogP contribution in [0.25, 0.3) is 11.3 Å². The predicted molar refractivity (Wildman–Crippen MR) is 106 cm³/mol. The lowest BCUT2D eigenvalue weighted by atomic mass is 9.98. The van der Waals surface area contributed by atoms with Gasteiger partial charge in [0, 0.05) is 25.2 Å². The number of aromatic hydroxyl groups is 1. The summed E-state index contributed by atoms with van der Waals surface area (Å²) in [5.74, 6) is 0.251. The summed E-state index contributed by atoms with van der Waals surface area (Å²) in [6, 6.07) is 5.44. The number of morpholine rings is 1. The standard InChI is InChI=1S/C21H25F3N4O2/c1-3-27-7-6-18-16(12-27)28(8-9-30-18)19-5-4-15(25-26-19)20-13(2)10-14(11-17(20)29)21(22,23)24/h4-5,10-11,16,18,29H,3,6-9,12H2,1-2H3/t16-,18+/m0/s1. The largest absolute Gasteiger partial charge is 0.507 e. The molecule has 0 radical (unpaired) electrons. The Balaban J connectivity index is 1.60. The number of halogens is 3. The number of piperidine rings is 1. The van der Waals surface area contributed by atoms with Gasteiger partial charge in [0.05, 0.1) is 30.0 Å². The number of phenols is 1. The lowest BCUT2D eigenvalue weighted by Gasteiger charge is -2.47. The zero-order chi connectivity index (χ0) is 21.5. The van der Waals surface area contributed by atoms with Crippen molar-refractivity contribution in [3.63, 3.8) is 0 Å². The Kier molecular flexibility index (Phi) is 5.59. The molecule has 2 fully saturated rings. The Bertz CT molecular complexity index is 881. The van der Waals surface area contributed by atoms with Crippen molar-refractivity contribution in [2.24, 2.45) is 0 Å². The molecule has 2 aromatic rings. The quantitative estimate of drug-likeness (QED) is 0.817. The van der Waals surface area contributed by atoms with Crippen molar-refractivity contribution in [3.8, 4) is 17.0 Å². The van der Waals surface area contributed by atoms with Gasteiger partial charge in [0.2, 0.25) is 0 Å². The van der Waals surface area contributed by atoms with E-state index in [0.717, 1.165) is 38.2 Å². The van der Waals surface area contributed by atoms with Crippen molar-refractivity contribution < 1.29 is 23.0 Å². The summed E-state index contributed by atoms with van der Waals surface area (Å²) < 4.78 is 44.9. The van der Waals surface area contributed by atoms with Crippen molar-refractivity contribution in [3.05, 3.63) is 35.4 Å². The first-order chi connectivity index (χ1) is 14.3. The second-order valence-corrected chi connectivity index (χ2v) is 7.81. The fourth-order valence-electron chi connectivity index (χ4n) is 4.39. The lowest BCUT2D eigenvalue weighted by molar-refractivity contribution is -0.137. The zero-order valence-electron chi connectivity index (χ0n) is 17.0. The molecular formula is C21H25F3N4O2. The Morgan fingerprint density at radius 3 is 2.63 bits per heavy atom. The van der Waals surface area contributed by atoms with E-state index < -0.39 is 17.5 Å². The number of aryl methyl sites for hydroxylation is 1. The van der Waals surface area contributed by atoms with Gasteiger partial charge in [-0.25, -0.2) is 0 Å². The van der Waals surface area contributed by atoms with Crippen LogP contribution in [0.1, 0.15) is 24.5 Å². The van der Waals surface area contributed by atoms with E-state index in [2.05, 4.69) is 26.9 Å². The molecule has 30 heavy (non-hydrogen) atoms. The summed E-state index contributed by atoms with van der Waals surface area (Å²) >= 11 is 0. The smallest absolute Gasteiger partial charge is 0.416 e. The highest BCUT2D eigenvalue weighted by Gasteiger charge is 2.37. The van der Waals surface area contributed by atoms with Crippen LogP contribution >= 0.6 is 0 Å². The topological polar surface area (TPSA) is 61.7 Å². The van der Waals surface area contributed by atoms with E-state index in [0.29, 0.717) is 30.2 Å². The van der Waals surface area contributed by atoms with Crippen LogP contribution in [0.4, 0.5) is 19.0 Å². The Morgan fingerprint density at radius 1 is 1.20 bits per heavy atom. The van der Waals surface area contributed by atoms with E-state index in [1.54, 1.807) is 6.07 Å². The molecule has 0 unspecified atom stereocenters. The van der Waals surface area contributed by atoms with E-state index >= 15 is 0 Å². The summed E-state index contributed by atoms with van der Waals surface area (Å²) in [6.45, 7) is 7.88. The minimum atomic E-state index is -4.52. The second-order valence-electron chi connectivity index (χ2n) is 7.81. The molecule has 0 amide bonds. The van der Waals surface area contributed by atoms with Gasteiger partial charge in [-0.15, -0.1) is 10.2 Å². The summed E-state index contributed by atoms with van der Waals surface area (Å²) in [4.78, 5) is 4.58. The fourth-order valence-corrected chi connectivity index (χ4v) is 4.39. The number of ether oxygens (including phenoxy) is 1. The molecule has 0 spiro atoms. The van der Waals surface area contributed by atoms with E-state index in [4.69, 9.17) is 4.74 Å². The maximum absolute atomic E-state index is 13.0. The molecule has 2 aliphatic heterocycles. The van der Waals surface area contributed by atoms with E-state index in [1.807, 2.05) is 6.07 Å². The van der Waals surface area contributed by atoms with Gasteiger partial charge in [0.25, 0.3) is 0 Å². The van der Waals surface area contributed by atoms with Crippen LogP contribution in [0.15, 0.2) is 24.3 Å². The van der Waals surface area contributed by atoms with Crippen molar-refractivity contribution in [1.82, 2.24) is 15.1 Å². The molecule has 2 aliphatic rings. The van der Waals surface area contributed by atoms with Gasteiger partial charge < -0.3 is 19.6 Å². The van der Waals surface area contributed by atoms with E-state index in [9.17, 15) is 18.3 Å². The van der Waals surface area contributed by atoms with Crippen LogP contribution in [-0.2, 0) is 10.9 Å². The number of fused-ring (bicyclic) bond motifs is 1. The summed E-state index contributed by atoms with van der Waals surface area (Å²) in [7, 11) is 0. The maximum Gasteiger partial charge on any atom is 0.416 e. The lowest BCUT2D eigenvalue weighted by Crippen LogP contribution is -2.60. The molecule has 3 heterocycles. The molecule has 0 bridgehead atoms. The number of aromatic nitrogens is 2. The SMILES string of the molecule is CCN1CC[C@H]2OCCN(c3ccc(-c4c(C)cc(C(F)(F)F)cc4O)nn3)[C@H]2C1. The molecule has 0 saturated carbocycles. The van der Waals surface area contributed by atoms with Gasteiger partial charge in [0.15, 0.2) is 5.82 Å². The number of nitrogens with zero attached hydrogens (tertiary/aromatic N) is 4. The number of hydrogen-bond acceptors (Lipinski definition) is 6. The highest BCUT2D eigenvalue weighted by Crippen LogP contribution is 2.38.